The van der Waals surface area contributed by atoms with Gasteiger partial charge in [-0.25, -0.2) is 0 Å². The van der Waals surface area contributed by atoms with E-state index in [0.717, 1.165) is 13.0 Å². The summed E-state index contributed by atoms with van der Waals surface area (Å²) in [7, 11) is -0.663. The Hall–Kier alpha value is 0.110. The van der Waals surface area contributed by atoms with Crippen molar-refractivity contribution in [2.75, 3.05) is 6.54 Å². The molecule has 0 aromatic rings. The Kier molecular flexibility index (Phi) is 5.83. The van der Waals surface area contributed by atoms with E-state index in [9.17, 15) is 4.21 Å². The van der Waals surface area contributed by atoms with Crippen LogP contribution in [0.15, 0.2) is 0 Å². The standard InChI is InChI=1S/C12H25NOS/c1-4-13-11-8-6-5-7-9-12(11)15(14)10(2)3/h10-13H,4-9H2,1-3H3. The summed E-state index contributed by atoms with van der Waals surface area (Å²) in [6.45, 7) is 7.28. The summed E-state index contributed by atoms with van der Waals surface area (Å²) in [5.41, 5.74) is 0. The summed E-state index contributed by atoms with van der Waals surface area (Å²) in [6.07, 6.45) is 6.21. The zero-order valence-corrected chi connectivity index (χ0v) is 11.1. The lowest BCUT2D eigenvalue weighted by molar-refractivity contribution is 0.473. The van der Waals surface area contributed by atoms with E-state index >= 15 is 0 Å². The molecule has 1 rings (SSSR count). The van der Waals surface area contributed by atoms with Crippen LogP contribution in [-0.4, -0.2) is 27.3 Å². The maximum atomic E-state index is 12.2. The summed E-state index contributed by atoms with van der Waals surface area (Å²) in [5, 5.41) is 4.20. The normalized spacial score (nSPS) is 30.1. The van der Waals surface area contributed by atoms with Crippen LogP contribution in [0.4, 0.5) is 0 Å². The molecule has 0 aliphatic heterocycles. The predicted octanol–water partition coefficient (Wildman–Crippen LogP) is 2.45. The number of hydrogen-bond donors (Lipinski definition) is 1. The van der Waals surface area contributed by atoms with E-state index in [-0.39, 0.29) is 0 Å². The minimum atomic E-state index is -0.663. The molecule has 0 spiro atoms. The average molecular weight is 231 g/mol. The highest BCUT2D eigenvalue weighted by atomic mass is 32.2. The Morgan fingerprint density at radius 1 is 1.27 bits per heavy atom. The first kappa shape index (κ1) is 13.2. The molecule has 1 aliphatic carbocycles. The van der Waals surface area contributed by atoms with Crippen molar-refractivity contribution < 1.29 is 4.21 Å². The van der Waals surface area contributed by atoms with Gasteiger partial charge in [-0.3, -0.25) is 4.21 Å². The second-order valence-electron chi connectivity index (χ2n) is 4.72. The van der Waals surface area contributed by atoms with E-state index in [4.69, 9.17) is 0 Å². The van der Waals surface area contributed by atoms with Crippen LogP contribution in [-0.2, 0) is 10.8 Å². The first-order chi connectivity index (χ1) is 7.16. The third kappa shape index (κ3) is 3.87. The minimum absolute atomic E-state index is 0.300. The van der Waals surface area contributed by atoms with Gasteiger partial charge in [-0.1, -0.05) is 40.0 Å². The Labute approximate surface area is 96.7 Å². The van der Waals surface area contributed by atoms with Gasteiger partial charge in [-0.15, -0.1) is 0 Å². The number of nitrogens with one attached hydrogen (secondary N) is 1. The van der Waals surface area contributed by atoms with E-state index in [0.29, 0.717) is 16.5 Å². The predicted molar refractivity (Wildman–Crippen MR) is 67.6 cm³/mol. The molecular weight excluding hydrogens is 206 g/mol. The van der Waals surface area contributed by atoms with Crippen molar-refractivity contribution in [3.8, 4) is 0 Å². The molecule has 1 fully saturated rings. The van der Waals surface area contributed by atoms with Gasteiger partial charge in [0.25, 0.3) is 0 Å². The minimum Gasteiger partial charge on any atom is -0.313 e. The third-order valence-corrected chi connectivity index (χ3v) is 5.27. The van der Waals surface area contributed by atoms with Gasteiger partial charge in [0.15, 0.2) is 0 Å². The first-order valence-corrected chi connectivity index (χ1v) is 7.57. The van der Waals surface area contributed by atoms with Gasteiger partial charge in [0.1, 0.15) is 0 Å². The van der Waals surface area contributed by atoms with E-state index in [1.54, 1.807) is 0 Å². The van der Waals surface area contributed by atoms with Gasteiger partial charge in [-0.05, 0) is 19.4 Å². The molecule has 0 radical (unpaired) electrons. The maximum Gasteiger partial charge on any atom is 0.0503 e. The zero-order chi connectivity index (χ0) is 11.3. The first-order valence-electron chi connectivity index (χ1n) is 6.29. The summed E-state index contributed by atoms with van der Waals surface area (Å²) >= 11 is 0. The van der Waals surface area contributed by atoms with Gasteiger partial charge >= 0.3 is 0 Å². The van der Waals surface area contributed by atoms with Crippen molar-refractivity contribution in [1.82, 2.24) is 5.32 Å². The Morgan fingerprint density at radius 2 is 1.93 bits per heavy atom. The Morgan fingerprint density at radius 3 is 2.53 bits per heavy atom. The average Bonchev–Trinajstić information content (AvgIpc) is 2.43. The van der Waals surface area contributed by atoms with Crippen LogP contribution in [0.25, 0.3) is 0 Å². The van der Waals surface area contributed by atoms with Gasteiger partial charge < -0.3 is 5.32 Å². The van der Waals surface area contributed by atoms with Gasteiger partial charge in [0, 0.05) is 22.1 Å². The summed E-state index contributed by atoms with van der Waals surface area (Å²) < 4.78 is 12.2. The molecular formula is C12H25NOS. The lowest BCUT2D eigenvalue weighted by Crippen LogP contribution is -2.43. The number of hydrogen-bond acceptors (Lipinski definition) is 2. The molecule has 0 bridgehead atoms. The molecule has 1 saturated carbocycles. The lowest BCUT2D eigenvalue weighted by atomic mass is 10.1. The largest absolute Gasteiger partial charge is 0.313 e. The molecule has 3 atom stereocenters. The molecule has 90 valence electrons. The highest BCUT2D eigenvalue weighted by Crippen LogP contribution is 2.23. The molecule has 0 aromatic heterocycles. The van der Waals surface area contributed by atoms with Crippen LogP contribution in [0.1, 0.15) is 52.9 Å². The van der Waals surface area contributed by atoms with E-state index in [2.05, 4.69) is 26.1 Å². The van der Waals surface area contributed by atoms with Crippen LogP contribution in [0.2, 0.25) is 0 Å². The molecule has 15 heavy (non-hydrogen) atoms. The maximum absolute atomic E-state index is 12.2. The van der Waals surface area contributed by atoms with Crippen LogP contribution in [0, 0.1) is 0 Å². The zero-order valence-electron chi connectivity index (χ0n) is 10.3. The van der Waals surface area contributed by atoms with Crippen molar-refractivity contribution in [2.45, 2.75) is 69.4 Å². The van der Waals surface area contributed by atoms with Gasteiger partial charge in [0.2, 0.25) is 0 Å². The Balaban J connectivity index is 2.65. The van der Waals surface area contributed by atoms with Crippen LogP contribution >= 0.6 is 0 Å². The Bertz CT molecular complexity index is 206. The van der Waals surface area contributed by atoms with E-state index in [1.807, 2.05) is 0 Å². The summed E-state index contributed by atoms with van der Waals surface area (Å²) in [5.74, 6) is 0. The highest BCUT2D eigenvalue weighted by Gasteiger charge is 2.29. The molecule has 3 unspecified atom stereocenters. The third-order valence-electron chi connectivity index (χ3n) is 3.18. The lowest BCUT2D eigenvalue weighted by Gasteiger charge is -2.26. The van der Waals surface area contributed by atoms with Crippen LogP contribution in [0.3, 0.4) is 0 Å². The molecule has 2 nitrogen and oxygen atoms in total. The van der Waals surface area contributed by atoms with Crippen molar-refractivity contribution in [2.24, 2.45) is 0 Å². The smallest absolute Gasteiger partial charge is 0.0503 e. The topological polar surface area (TPSA) is 29.1 Å². The molecule has 0 heterocycles. The quantitative estimate of drug-likeness (QED) is 0.753. The van der Waals surface area contributed by atoms with Crippen LogP contribution in [0.5, 0.6) is 0 Å². The van der Waals surface area contributed by atoms with Crippen molar-refractivity contribution >= 4 is 10.8 Å². The summed E-state index contributed by atoms with van der Waals surface area (Å²) in [6, 6.07) is 0.487. The molecule has 0 aromatic carbocycles. The second-order valence-corrected chi connectivity index (χ2v) is 6.92. The second kappa shape index (κ2) is 6.64. The van der Waals surface area contributed by atoms with Crippen LogP contribution < -0.4 is 5.32 Å². The molecule has 3 heteroatoms. The fourth-order valence-electron chi connectivity index (χ4n) is 2.40. The van der Waals surface area contributed by atoms with Crippen molar-refractivity contribution in [3.05, 3.63) is 0 Å². The molecule has 0 amide bonds. The SMILES string of the molecule is CCNC1CCCCCC1S(=O)C(C)C. The van der Waals surface area contributed by atoms with Crippen molar-refractivity contribution in [3.63, 3.8) is 0 Å². The number of rotatable bonds is 4. The fraction of sp³-hybridized carbons (Fsp3) is 1.00. The van der Waals surface area contributed by atoms with Gasteiger partial charge in [-0.2, -0.15) is 0 Å². The molecule has 1 N–H and O–H groups in total. The fourth-order valence-corrected chi connectivity index (χ4v) is 4.05. The van der Waals surface area contributed by atoms with E-state index < -0.39 is 10.8 Å². The summed E-state index contributed by atoms with van der Waals surface area (Å²) in [4.78, 5) is 0. The highest BCUT2D eigenvalue weighted by molar-refractivity contribution is 7.86. The van der Waals surface area contributed by atoms with E-state index in [1.165, 1.54) is 25.7 Å². The molecule has 0 saturated heterocycles. The molecule has 1 aliphatic rings. The van der Waals surface area contributed by atoms with Gasteiger partial charge in [0.05, 0.1) is 5.25 Å². The monoisotopic (exact) mass is 231 g/mol. The van der Waals surface area contributed by atoms with Crippen molar-refractivity contribution in [1.29, 1.82) is 0 Å².